The highest BCUT2D eigenvalue weighted by Gasteiger charge is 2.22. The molecule has 0 saturated carbocycles. The summed E-state index contributed by atoms with van der Waals surface area (Å²) in [4.78, 5) is 18.7. The summed E-state index contributed by atoms with van der Waals surface area (Å²) >= 11 is 12.6. The van der Waals surface area contributed by atoms with E-state index in [-0.39, 0.29) is 11.9 Å². The maximum absolute atomic E-state index is 12.6. The van der Waals surface area contributed by atoms with E-state index in [9.17, 15) is 9.90 Å². The van der Waals surface area contributed by atoms with E-state index in [1.807, 2.05) is 25.1 Å². The number of amides is 2. The number of pyridine rings is 1. The predicted molar refractivity (Wildman–Crippen MR) is 122 cm³/mol. The standard InChI is InChI=1S/C22H21Cl2N5O3/c1-12-3-4-16(10-17(12)23)26-22(31)29-7-5-14(6-8-29)19-18(24)9-15(11-25-19)20(30)21-28-27-13(2)32-21/h3-5,9-11,20,30H,6-8H2,1-2H3,(H,26,31). The molecule has 32 heavy (non-hydrogen) atoms. The first-order valence-electron chi connectivity index (χ1n) is 9.97. The van der Waals surface area contributed by atoms with E-state index in [4.69, 9.17) is 27.6 Å². The zero-order valence-electron chi connectivity index (χ0n) is 17.5. The van der Waals surface area contributed by atoms with E-state index in [0.717, 1.165) is 11.1 Å². The van der Waals surface area contributed by atoms with Crippen LogP contribution < -0.4 is 5.32 Å². The number of hydrogen-bond acceptors (Lipinski definition) is 6. The summed E-state index contributed by atoms with van der Waals surface area (Å²) in [5, 5.41) is 21.8. The fourth-order valence-electron chi connectivity index (χ4n) is 3.35. The third kappa shape index (κ3) is 4.77. The van der Waals surface area contributed by atoms with Crippen molar-refractivity contribution in [1.29, 1.82) is 0 Å². The number of carbonyl (C=O) groups is 1. The van der Waals surface area contributed by atoms with Crippen LogP contribution in [0.3, 0.4) is 0 Å². The third-order valence-corrected chi connectivity index (χ3v) is 5.87. The lowest BCUT2D eigenvalue weighted by atomic mass is 10.0. The van der Waals surface area contributed by atoms with Crippen LogP contribution in [0.1, 0.15) is 41.1 Å². The molecule has 2 N–H and O–H groups in total. The molecule has 1 aromatic carbocycles. The number of nitrogens with one attached hydrogen (secondary N) is 1. The lowest BCUT2D eigenvalue weighted by molar-refractivity contribution is 0.180. The van der Waals surface area contributed by atoms with E-state index in [1.165, 1.54) is 6.20 Å². The minimum absolute atomic E-state index is 0.0847. The van der Waals surface area contributed by atoms with Crippen LogP contribution in [0.4, 0.5) is 10.5 Å². The molecule has 2 amide bonds. The van der Waals surface area contributed by atoms with Crippen molar-refractivity contribution in [2.75, 3.05) is 18.4 Å². The Morgan fingerprint density at radius 2 is 2.03 bits per heavy atom. The van der Waals surface area contributed by atoms with Crippen LogP contribution in [0.5, 0.6) is 0 Å². The quantitative estimate of drug-likeness (QED) is 0.564. The second-order valence-corrected chi connectivity index (χ2v) is 8.29. The first-order chi connectivity index (χ1) is 15.3. The van der Waals surface area contributed by atoms with Gasteiger partial charge in [0, 0.05) is 42.5 Å². The summed E-state index contributed by atoms with van der Waals surface area (Å²) in [7, 11) is 0. The summed E-state index contributed by atoms with van der Waals surface area (Å²) in [5.74, 6) is 0.447. The zero-order chi connectivity index (χ0) is 22.8. The largest absolute Gasteiger partial charge is 0.422 e. The van der Waals surface area contributed by atoms with Crippen LogP contribution in [-0.2, 0) is 0 Å². The Labute approximate surface area is 194 Å². The van der Waals surface area contributed by atoms with Crippen molar-refractivity contribution >= 4 is 40.5 Å². The van der Waals surface area contributed by atoms with Crippen LogP contribution >= 0.6 is 23.2 Å². The summed E-state index contributed by atoms with van der Waals surface area (Å²) in [5.41, 5.74) is 3.61. The van der Waals surface area contributed by atoms with E-state index in [0.29, 0.717) is 52.4 Å². The highest BCUT2D eigenvalue weighted by molar-refractivity contribution is 6.32. The number of aromatic nitrogens is 3. The third-order valence-electron chi connectivity index (χ3n) is 5.18. The van der Waals surface area contributed by atoms with Gasteiger partial charge in [-0.15, -0.1) is 10.2 Å². The highest BCUT2D eigenvalue weighted by atomic mass is 35.5. The van der Waals surface area contributed by atoms with Gasteiger partial charge in [0.05, 0.1) is 10.7 Å². The van der Waals surface area contributed by atoms with Crippen molar-refractivity contribution < 1.29 is 14.3 Å². The molecular formula is C22H21Cl2N5O3. The Morgan fingerprint density at radius 1 is 1.22 bits per heavy atom. The molecule has 0 spiro atoms. The molecular weight excluding hydrogens is 453 g/mol. The van der Waals surface area contributed by atoms with Crippen LogP contribution in [-0.4, -0.2) is 44.3 Å². The number of aryl methyl sites for hydroxylation is 2. The Morgan fingerprint density at radius 3 is 2.66 bits per heavy atom. The molecule has 10 heteroatoms. The molecule has 3 heterocycles. The van der Waals surface area contributed by atoms with Gasteiger partial charge in [0.25, 0.3) is 0 Å². The Kier molecular flexibility index (Phi) is 6.45. The van der Waals surface area contributed by atoms with Crippen molar-refractivity contribution in [3.05, 3.63) is 75.2 Å². The van der Waals surface area contributed by atoms with Crippen molar-refractivity contribution in [3.63, 3.8) is 0 Å². The zero-order valence-corrected chi connectivity index (χ0v) is 19.0. The molecule has 0 bridgehead atoms. The maximum atomic E-state index is 12.6. The van der Waals surface area contributed by atoms with Crippen molar-refractivity contribution in [2.45, 2.75) is 26.4 Å². The van der Waals surface area contributed by atoms with Gasteiger partial charge in [0.2, 0.25) is 11.8 Å². The van der Waals surface area contributed by atoms with Crippen molar-refractivity contribution in [2.24, 2.45) is 0 Å². The second-order valence-electron chi connectivity index (χ2n) is 7.48. The van der Waals surface area contributed by atoms with E-state index < -0.39 is 6.10 Å². The van der Waals surface area contributed by atoms with Gasteiger partial charge in [-0.3, -0.25) is 4.98 Å². The Balaban J connectivity index is 1.43. The normalized spacial score (nSPS) is 14.8. The Hall–Kier alpha value is -2.94. The van der Waals surface area contributed by atoms with E-state index >= 15 is 0 Å². The minimum atomic E-state index is -1.11. The monoisotopic (exact) mass is 473 g/mol. The Bertz CT molecular complexity index is 1190. The topological polar surface area (TPSA) is 104 Å². The fraction of sp³-hybridized carbons (Fsp3) is 0.273. The summed E-state index contributed by atoms with van der Waals surface area (Å²) < 4.78 is 5.27. The smallest absolute Gasteiger partial charge is 0.322 e. The molecule has 0 saturated heterocycles. The number of nitrogens with zero attached hydrogens (tertiary/aromatic N) is 4. The SMILES string of the molecule is Cc1nnc(C(O)c2cnc(C3=CCN(C(=O)Nc4ccc(C)c(Cl)c4)CC3)c(Cl)c2)o1. The number of aliphatic hydroxyl groups excluding tert-OH is 1. The molecule has 1 atom stereocenters. The van der Waals surface area contributed by atoms with Gasteiger partial charge in [-0.2, -0.15) is 0 Å². The van der Waals surface area contributed by atoms with Crippen LogP contribution in [0.15, 0.2) is 41.0 Å². The number of anilines is 1. The second kappa shape index (κ2) is 9.28. The maximum Gasteiger partial charge on any atom is 0.322 e. The summed E-state index contributed by atoms with van der Waals surface area (Å²) in [6.07, 6.45) is 2.95. The molecule has 1 aliphatic rings. The minimum Gasteiger partial charge on any atom is -0.422 e. The lowest BCUT2D eigenvalue weighted by Crippen LogP contribution is -2.38. The molecule has 0 aliphatic carbocycles. The highest BCUT2D eigenvalue weighted by Crippen LogP contribution is 2.30. The molecule has 3 aromatic rings. The summed E-state index contributed by atoms with van der Waals surface area (Å²) in [6, 6.07) is 6.84. The van der Waals surface area contributed by atoms with Gasteiger partial charge in [-0.1, -0.05) is 35.3 Å². The summed E-state index contributed by atoms with van der Waals surface area (Å²) in [6.45, 7) is 4.49. The lowest BCUT2D eigenvalue weighted by Gasteiger charge is -2.27. The molecule has 8 nitrogen and oxygen atoms in total. The number of rotatable bonds is 4. The van der Waals surface area contributed by atoms with E-state index in [2.05, 4.69) is 20.5 Å². The van der Waals surface area contributed by atoms with Crippen molar-refractivity contribution in [3.8, 4) is 0 Å². The van der Waals surface area contributed by atoms with Crippen LogP contribution in [0, 0.1) is 13.8 Å². The number of aliphatic hydroxyl groups is 1. The molecule has 1 unspecified atom stereocenters. The average molecular weight is 474 g/mol. The first-order valence-corrected chi connectivity index (χ1v) is 10.7. The fourth-order valence-corrected chi connectivity index (χ4v) is 3.82. The van der Waals surface area contributed by atoms with Crippen molar-refractivity contribution in [1.82, 2.24) is 20.1 Å². The molecule has 2 aromatic heterocycles. The predicted octanol–water partition coefficient (Wildman–Crippen LogP) is 4.79. The molecule has 4 rings (SSSR count). The average Bonchev–Trinajstić information content (AvgIpc) is 3.22. The molecule has 0 fully saturated rings. The van der Waals surface area contributed by atoms with Gasteiger partial charge in [-0.05, 0) is 42.7 Å². The van der Waals surface area contributed by atoms with Gasteiger partial charge in [0.15, 0.2) is 6.10 Å². The first kappa shape index (κ1) is 22.3. The number of benzene rings is 1. The van der Waals surface area contributed by atoms with Crippen LogP contribution in [0.2, 0.25) is 10.0 Å². The van der Waals surface area contributed by atoms with E-state index in [1.54, 1.807) is 24.0 Å². The van der Waals surface area contributed by atoms with Gasteiger partial charge >= 0.3 is 6.03 Å². The molecule has 1 aliphatic heterocycles. The van der Waals surface area contributed by atoms with Crippen LogP contribution in [0.25, 0.3) is 5.57 Å². The number of urea groups is 1. The molecule has 0 radical (unpaired) electrons. The number of carbonyl (C=O) groups excluding carboxylic acids is 1. The van der Waals surface area contributed by atoms with Gasteiger partial charge < -0.3 is 19.7 Å². The molecule has 166 valence electrons. The van der Waals surface area contributed by atoms with Gasteiger partial charge in [-0.25, -0.2) is 4.79 Å². The number of hydrogen-bond donors (Lipinski definition) is 2. The van der Waals surface area contributed by atoms with Gasteiger partial charge in [0.1, 0.15) is 0 Å². The number of halogens is 2.